The molecule has 1 saturated heterocycles. The van der Waals surface area contributed by atoms with Gasteiger partial charge >= 0.3 is 0 Å². The van der Waals surface area contributed by atoms with Gasteiger partial charge in [-0.2, -0.15) is 0 Å². The third-order valence-electron chi connectivity index (χ3n) is 2.54. The number of nitrogens with one attached hydrogen (secondary N) is 1. The van der Waals surface area contributed by atoms with Gasteiger partial charge in [-0.25, -0.2) is 0 Å². The number of imide groups is 1. The molecule has 1 unspecified atom stereocenters. The first kappa shape index (κ1) is 11.8. The Morgan fingerprint density at radius 3 is 2.73 bits per heavy atom. The quantitative estimate of drug-likeness (QED) is 0.705. The van der Waals surface area contributed by atoms with Gasteiger partial charge < -0.3 is 4.90 Å². The average molecular weight is 210 g/mol. The molecule has 1 N–H and O–H groups in total. The van der Waals surface area contributed by atoms with Crippen molar-refractivity contribution in [1.82, 2.24) is 10.2 Å². The third kappa shape index (κ3) is 2.81. The number of nitrogens with zero attached hydrogens (tertiary/aromatic N) is 1. The minimum atomic E-state index is -0.222. The molecule has 1 fully saturated rings. The number of hydrogen-bond donors (Lipinski definition) is 1. The van der Waals surface area contributed by atoms with Crippen molar-refractivity contribution < 1.29 is 9.59 Å². The Morgan fingerprint density at radius 2 is 2.27 bits per heavy atom. The zero-order valence-electron chi connectivity index (χ0n) is 9.38. The van der Waals surface area contributed by atoms with E-state index >= 15 is 0 Å². The molecule has 1 heterocycles. The second-order valence-electron chi connectivity index (χ2n) is 3.90. The Labute approximate surface area is 90.3 Å². The number of carbonyl (C=O) groups excluding carboxylic acids is 2. The molecule has 1 rings (SSSR count). The first-order valence-electron chi connectivity index (χ1n) is 5.32. The molecule has 4 heteroatoms. The summed E-state index contributed by atoms with van der Waals surface area (Å²) < 4.78 is 0. The van der Waals surface area contributed by atoms with Crippen molar-refractivity contribution in [3.05, 3.63) is 12.3 Å². The average Bonchev–Trinajstić information content (AvgIpc) is 2.15. The molecule has 84 valence electrons. The molecule has 2 amide bonds. The van der Waals surface area contributed by atoms with E-state index in [1.807, 2.05) is 11.8 Å². The topological polar surface area (TPSA) is 49.4 Å². The highest BCUT2D eigenvalue weighted by Crippen LogP contribution is 2.16. The van der Waals surface area contributed by atoms with Gasteiger partial charge in [0, 0.05) is 18.7 Å². The molecule has 1 aliphatic rings. The van der Waals surface area contributed by atoms with Crippen LogP contribution in [-0.4, -0.2) is 29.3 Å². The lowest BCUT2D eigenvalue weighted by molar-refractivity contribution is -0.137. The van der Waals surface area contributed by atoms with Crippen LogP contribution in [0.2, 0.25) is 0 Å². The van der Waals surface area contributed by atoms with Crippen molar-refractivity contribution in [2.24, 2.45) is 0 Å². The lowest BCUT2D eigenvalue weighted by atomic mass is 10.0. The predicted octanol–water partition coefficient (Wildman–Crippen LogP) is 1.04. The standard InChI is InChI=1S/C11H18N2O2/c1-4-7-13(8(2)3)9-5-6-10(14)12-11(9)15/h9H,2,4-7H2,1,3H3,(H,12,14,15). The van der Waals surface area contributed by atoms with Crippen LogP contribution >= 0.6 is 0 Å². The summed E-state index contributed by atoms with van der Waals surface area (Å²) in [6.45, 7) is 8.62. The molecule has 0 spiro atoms. The molecule has 0 saturated carbocycles. The molecule has 0 aromatic rings. The van der Waals surface area contributed by atoms with Crippen LogP contribution < -0.4 is 5.32 Å². The van der Waals surface area contributed by atoms with Crippen LogP contribution in [-0.2, 0) is 9.59 Å². The SMILES string of the molecule is C=C(C)N(CCC)C1CCC(=O)NC1=O. The van der Waals surface area contributed by atoms with E-state index in [0.29, 0.717) is 12.8 Å². The lowest BCUT2D eigenvalue weighted by Gasteiger charge is -2.34. The van der Waals surface area contributed by atoms with Gasteiger partial charge in [-0.1, -0.05) is 13.5 Å². The first-order chi connectivity index (χ1) is 7.06. The van der Waals surface area contributed by atoms with Crippen molar-refractivity contribution in [1.29, 1.82) is 0 Å². The number of carbonyl (C=O) groups is 2. The zero-order chi connectivity index (χ0) is 11.4. The third-order valence-corrected chi connectivity index (χ3v) is 2.54. The fourth-order valence-electron chi connectivity index (χ4n) is 1.83. The minimum absolute atomic E-state index is 0.172. The lowest BCUT2D eigenvalue weighted by Crippen LogP contribution is -2.51. The molecule has 1 aliphatic heterocycles. The summed E-state index contributed by atoms with van der Waals surface area (Å²) in [5.41, 5.74) is 0.881. The van der Waals surface area contributed by atoms with Crippen molar-refractivity contribution >= 4 is 11.8 Å². The van der Waals surface area contributed by atoms with Gasteiger partial charge in [0.25, 0.3) is 0 Å². The maximum atomic E-state index is 11.6. The molecule has 0 radical (unpaired) electrons. The Kier molecular flexibility index (Phi) is 3.88. The van der Waals surface area contributed by atoms with Crippen LogP contribution in [0.4, 0.5) is 0 Å². The predicted molar refractivity (Wildman–Crippen MR) is 58.0 cm³/mol. The van der Waals surface area contributed by atoms with Gasteiger partial charge in [0.15, 0.2) is 0 Å². The maximum Gasteiger partial charge on any atom is 0.249 e. The fourth-order valence-corrected chi connectivity index (χ4v) is 1.83. The van der Waals surface area contributed by atoms with E-state index in [4.69, 9.17) is 0 Å². The molecule has 0 aliphatic carbocycles. The normalized spacial score (nSPS) is 21.1. The molecule has 0 aromatic carbocycles. The Morgan fingerprint density at radius 1 is 1.60 bits per heavy atom. The molecule has 0 aromatic heterocycles. The summed E-state index contributed by atoms with van der Waals surface area (Å²) in [6.07, 6.45) is 1.98. The molecule has 1 atom stereocenters. The Hall–Kier alpha value is -1.32. The van der Waals surface area contributed by atoms with E-state index in [9.17, 15) is 9.59 Å². The number of rotatable bonds is 4. The zero-order valence-corrected chi connectivity index (χ0v) is 9.38. The summed E-state index contributed by atoms with van der Waals surface area (Å²) in [7, 11) is 0. The van der Waals surface area contributed by atoms with Crippen LogP contribution in [0.1, 0.15) is 33.1 Å². The fraction of sp³-hybridized carbons (Fsp3) is 0.636. The largest absolute Gasteiger partial charge is 0.364 e. The van der Waals surface area contributed by atoms with Crippen LogP contribution in [0.3, 0.4) is 0 Å². The molecular formula is C11H18N2O2. The van der Waals surface area contributed by atoms with Gasteiger partial charge in [-0.05, 0) is 19.8 Å². The summed E-state index contributed by atoms with van der Waals surface area (Å²) >= 11 is 0. The van der Waals surface area contributed by atoms with E-state index in [-0.39, 0.29) is 17.9 Å². The number of hydrogen-bond acceptors (Lipinski definition) is 3. The summed E-state index contributed by atoms with van der Waals surface area (Å²) in [5.74, 6) is -0.364. The maximum absolute atomic E-state index is 11.6. The van der Waals surface area contributed by atoms with Crippen LogP contribution in [0.15, 0.2) is 12.3 Å². The van der Waals surface area contributed by atoms with E-state index in [0.717, 1.165) is 18.7 Å². The highest BCUT2D eigenvalue weighted by Gasteiger charge is 2.30. The summed E-state index contributed by atoms with van der Waals surface area (Å²) in [6, 6.07) is -0.222. The number of piperidine rings is 1. The highest BCUT2D eigenvalue weighted by molar-refractivity contribution is 6.00. The number of allylic oxidation sites excluding steroid dienone is 1. The van der Waals surface area contributed by atoms with E-state index in [1.165, 1.54) is 0 Å². The Balaban J connectivity index is 2.71. The minimum Gasteiger partial charge on any atom is -0.364 e. The second kappa shape index (κ2) is 4.96. The van der Waals surface area contributed by atoms with Crippen molar-refractivity contribution in [2.75, 3.05) is 6.54 Å². The van der Waals surface area contributed by atoms with Crippen molar-refractivity contribution in [3.63, 3.8) is 0 Å². The van der Waals surface area contributed by atoms with Crippen LogP contribution in [0, 0.1) is 0 Å². The van der Waals surface area contributed by atoms with E-state index < -0.39 is 0 Å². The summed E-state index contributed by atoms with van der Waals surface area (Å²) in [5, 5.41) is 2.36. The van der Waals surface area contributed by atoms with Crippen molar-refractivity contribution in [2.45, 2.75) is 39.2 Å². The summed E-state index contributed by atoms with van der Waals surface area (Å²) in [4.78, 5) is 24.6. The van der Waals surface area contributed by atoms with Crippen LogP contribution in [0.25, 0.3) is 0 Å². The molecular weight excluding hydrogens is 192 g/mol. The van der Waals surface area contributed by atoms with Crippen molar-refractivity contribution in [3.8, 4) is 0 Å². The van der Waals surface area contributed by atoms with Gasteiger partial charge in [-0.15, -0.1) is 0 Å². The first-order valence-corrected chi connectivity index (χ1v) is 5.32. The molecule has 0 bridgehead atoms. The highest BCUT2D eigenvalue weighted by atomic mass is 16.2. The monoisotopic (exact) mass is 210 g/mol. The van der Waals surface area contributed by atoms with Gasteiger partial charge in [0.2, 0.25) is 11.8 Å². The van der Waals surface area contributed by atoms with Gasteiger partial charge in [0.1, 0.15) is 6.04 Å². The van der Waals surface area contributed by atoms with Gasteiger partial charge in [-0.3, -0.25) is 14.9 Å². The van der Waals surface area contributed by atoms with E-state index in [2.05, 4.69) is 18.8 Å². The van der Waals surface area contributed by atoms with E-state index in [1.54, 1.807) is 0 Å². The van der Waals surface area contributed by atoms with Crippen LogP contribution in [0.5, 0.6) is 0 Å². The smallest absolute Gasteiger partial charge is 0.249 e. The second-order valence-corrected chi connectivity index (χ2v) is 3.90. The molecule has 4 nitrogen and oxygen atoms in total. The Bertz CT molecular complexity index is 286. The van der Waals surface area contributed by atoms with Gasteiger partial charge in [0.05, 0.1) is 0 Å². The number of amides is 2. The molecule has 15 heavy (non-hydrogen) atoms.